The van der Waals surface area contributed by atoms with Gasteiger partial charge in [-0.25, -0.2) is 18.5 Å². The maximum atomic E-state index is 12.0. The number of aryl methyl sites for hydroxylation is 1. The highest BCUT2D eigenvalue weighted by molar-refractivity contribution is 7.89. The Bertz CT molecular complexity index is 771. The highest BCUT2D eigenvalue weighted by atomic mass is 35.5. The number of primary sulfonamides is 1. The van der Waals surface area contributed by atoms with Crippen LogP contribution in [0.4, 0.5) is 5.69 Å². The van der Waals surface area contributed by atoms with Gasteiger partial charge in [0.2, 0.25) is 10.0 Å². The number of rotatable bonds is 3. The second-order valence-electron chi connectivity index (χ2n) is 3.88. The Labute approximate surface area is 124 Å². The molecule has 0 spiro atoms. The van der Waals surface area contributed by atoms with E-state index in [-0.39, 0.29) is 15.6 Å². The summed E-state index contributed by atoms with van der Waals surface area (Å²) in [5.74, 6) is -0.413. The van der Waals surface area contributed by atoms with Crippen molar-refractivity contribution in [1.82, 2.24) is 4.98 Å². The third kappa shape index (κ3) is 3.34. The van der Waals surface area contributed by atoms with Crippen molar-refractivity contribution in [3.63, 3.8) is 0 Å². The minimum atomic E-state index is -3.86. The average molecular weight is 332 g/mol. The fraction of sp³-hybridized carbons (Fsp3) is 0.0909. The quantitative estimate of drug-likeness (QED) is 0.897. The molecule has 6 nitrogen and oxygen atoms in total. The van der Waals surface area contributed by atoms with Crippen LogP contribution < -0.4 is 10.5 Å². The van der Waals surface area contributed by atoms with Gasteiger partial charge in [-0.3, -0.25) is 4.79 Å². The normalized spacial score (nSPS) is 11.3. The number of aromatic nitrogens is 1. The van der Waals surface area contributed by atoms with Gasteiger partial charge in [-0.2, -0.15) is 0 Å². The number of nitrogens with two attached hydrogens (primary N) is 1. The largest absolute Gasteiger partial charge is 0.320 e. The van der Waals surface area contributed by atoms with E-state index in [1.165, 1.54) is 35.7 Å². The number of sulfonamides is 1. The molecule has 1 amide bonds. The Hall–Kier alpha value is -1.48. The molecule has 2 rings (SSSR count). The van der Waals surface area contributed by atoms with E-state index in [4.69, 9.17) is 16.7 Å². The fourth-order valence-corrected chi connectivity index (χ4v) is 2.80. The van der Waals surface area contributed by atoms with Crippen LogP contribution in [0.15, 0.2) is 29.3 Å². The summed E-state index contributed by atoms with van der Waals surface area (Å²) in [7, 11) is -3.86. The highest BCUT2D eigenvalue weighted by Crippen LogP contribution is 2.25. The van der Waals surface area contributed by atoms with Crippen molar-refractivity contribution in [3.05, 3.63) is 39.3 Å². The molecule has 0 unspecified atom stereocenters. The summed E-state index contributed by atoms with van der Waals surface area (Å²) in [6, 6.07) is 3.84. The number of anilines is 1. The zero-order chi connectivity index (χ0) is 14.9. The molecule has 20 heavy (non-hydrogen) atoms. The van der Waals surface area contributed by atoms with Gasteiger partial charge in [0.25, 0.3) is 5.91 Å². The third-order valence-electron chi connectivity index (χ3n) is 2.36. The minimum absolute atomic E-state index is 0.127. The molecule has 0 radical (unpaired) electrons. The number of hydrogen-bond acceptors (Lipinski definition) is 5. The number of carbonyl (C=O) groups is 1. The molecule has 0 aliphatic heterocycles. The molecule has 9 heteroatoms. The Morgan fingerprint density at radius 1 is 1.45 bits per heavy atom. The van der Waals surface area contributed by atoms with E-state index in [1.807, 2.05) is 0 Å². The van der Waals surface area contributed by atoms with Crippen molar-refractivity contribution in [3.8, 4) is 0 Å². The van der Waals surface area contributed by atoms with E-state index in [0.29, 0.717) is 4.88 Å². The summed E-state index contributed by atoms with van der Waals surface area (Å²) in [5, 5.41) is 8.53. The number of thiazole rings is 1. The summed E-state index contributed by atoms with van der Waals surface area (Å²) in [6.07, 6.45) is 1.44. The fourth-order valence-electron chi connectivity index (χ4n) is 1.43. The van der Waals surface area contributed by atoms with Crippen LogP contribution in [0, 0.1) is 6.92 Å². The Morgan fingerprint density at radius 3 is 2.70 bits per heavy atom. The third-order valence-corrected chi connectivity index (χ3v) is 4.51. The van der Waals surface area contributed by atoms with Gasteiger partial charge in [-0.05, 0) is 25.1 Å². The van der Waals surface area contributed by atoms with Crippen LogP contribution in [-0.2, 0) is 10.0 Å². The first-order chi connectivity index (χ1) is 9.27. The van der Waals surface area contributed by atoms with E-state index in [2.05, 4.69) is 10.3 Å². The van der Waals surface area contributed by atoms with Gasteiger partial charge < -0.3 is 5.32 Å². The summed E-state index contributed by atoms with van der Waals surface area (Å²) >= 11 is 7.14. The zero-order valence-electron chi connectivity index (χ0n) is 10.3. The number of halogens is 1. The van der Waals surface area contributed by atoms with Gasteiger partial charge in [-0.15, -0.1) is 11.3 Å². The lowest BCUT2D eigenvalue weighted by molar-refractivity contribution is 0.103. The smallest absolute Gasteiger partial charge is 0.267 e. The molecular weight excluding hydrogens is 322 g/mol. The van der Waals surface area contributed by atoms with Crippen LogP contribution in [-0.4, -0.2) is 19.3 Å². The topological polar surface area (TPSA) is 102 Å². The molecule has 0 aliphatic carbocycles. The van der Waals surface area contributed by atoms with Crippen LogP contribution in [0.5, 0.6) is 0 Å². The average Bonchev–Trinajstić information content (AvgIpc) is 2.77. The van der Waals surface area contributed by atoms with Gasteiger partial charge in [0.1, 0.15) is 4.88 Å². The standard InChI is InChI=1S/C11H10ClN3O3S2/c1-6-14-5-10(19-6)11(16)15-9-4-7(20(13,17)18)2-3-8(9)12/h2-5H,1H3,(H,15,16)(H2,13,17,18). The Balaban J connectivity index is 2.31. The number of hydrogen-bond donors (Lipinski definition) is 2. The molecule has 0 aliphatic rings. The van der Waals surface area contributed by atoms with Crippen molar-refractivity contribution in [2.24, 2.45) is 5.14 Å². The molecule has 1 heterocycles. The van der Waals surface area contributed by atoms with E-state index in [9.17, 15) is 13.2 Å². The summed E-state index contributed by atoms with van der Waals surface area (Å²) < 4.78 is 22.5. The molecule has 1 aromatic heterocycles. The second kappa shape index (κ2) is 5.49. The Morgan fingerprint density at radius 2 is 2.15 bits per heavy atom. The highest BCUT2D eigenvalue weighted by Gasteiger charge is 2.14. The molecule has 0 atom stereocenters. The molecule has 1 aromatic carbocycles. The van der Waals surface area contributed by atoms with Crippen molar-refractivity contribution in [2.45, 2.75) is 11.8 Å². The summed E-state index contributed by atoms with van der Waals surface area (Å²) in [6.45, 7) is 1.77. The molecule has 3 N–H and O–H groups in total. The lowest BCUT2D eigenvalue weighted by atomic mass is 10.3. The number of nitrogens with zero attached hydrogens (tertiary/aromatic N) is 1. The van der Waals surface area contributed by atoms with Gasteiger partial charge >= 0.3 is 0 Å². The van der Waals surface area contributed by atoms with Gasteiger partial charge in [0.05, 0.1) is 26.8 Å². The van der Waals surface area contributed by atoms with Crippen molar-refractivity contribution >= 4 is 44.6 Å². The summed E-state index contributed by atoms with van der Waals surface area (Å²) in [4.78, 5) is 16.2. The molecule has 2 aromatic rings. The number of carbonyl (C=O) groups excluding carboxylic acids is 1. The first kappa shape index (κ1) is 14.9. The van der Waals surface area contributed by atoms with Crippen molar-refractivity contribution in [1.29, 1.82) is 0 Å². The molecule has 106 valence electrons. The van der Waals surface area contributed by atoms with Gasteiger partial charge in [0.15, 0.2) is 0 Å². The predicted octanol–water partition coefficient (Wildman–Crippen LogP) is 2.00. The number of amides is 1. The van der Waals surface area contributed by atoms with Crippen molar-refractivity contribution < 1.29 is 13.2 Å². The van der Waals surface area contributed by atoms with Crippen LogP contribution in [0.25, 0.3) is 0 Å². The SMILES string of the molecule is Cc1ncc(C(=O)Nc2cc(S(N)(=O)=O)ccc2Cl)s1. The first-order valence-electron chi connectivity index (χ1n) is 5.33. The van der Waals surface area contributed by atoms with E-state index >= 15 is 0 Å². The van der Waals surface area contributed by atoms with Crippen LogP contribution in [0.1, 0.15) is 14.7 Å². The first-order valence-corrected chi connectivity index (χ1v) is 8.07. The van der Waals surface area contributed by atoms with E-state index in [0.717, 1.165) is 5.01 Å². The molecule has 0 bridgehead atoms. The molecule has 0 saturated carbocycles. The van der Waals surface area contributed by atoms with Gasteiger partial charge in [-0.1, -0.05) is 11.6 Å². The summed E-state index contributed by atoms with van der Waals surface area (Å²) in [5.41, 5.74) is 0.175. The zero-order valence-corrected chi connectivity index (χ0v) is 12.6. The Kier molecular flexibility index (Phi) is 4.09. The van der Waals surface area contributed by atoms with E-state index in [1.54, 1.807) is 6.92 Å². The molecule has 0 fully saturated rings. The van der Waals surface area contributed by atoms with Crippen LogP contribution >= 0.6 is 22.9 Å². The van der Waals surface area contributed by atoms with Gasteiger partial charge in [0, 0.05) is 0 Å². The number of benzene rings is 1. The molecule has 0 saturated heterocycles. The van der Waals surface area contributed by atoms with Crippen LogP contribution in [0.3, 0.4) is 0 Å². The monoisotopic (exact) mass is 331 g/mol. The predicted molar refractivity (Wildman–Crippen MR) is 77.6 cm³/mol. The second-order valence-corrected chi connectivity index (χ2v) is 7.09. The maximum Gasteiger partial charge on any atom is 0.267 e. The van der Waals surface area contributed by atoms with Crippen molar-refractivity contribution in [2.75, 3.05) is 5.32 Å². The number of nitrogens with one attached hydrogen (secondary N) is 1. The lowest BCUT2D eigenvalue weighted by Crippen LogP contribution is -2.14. The minimum Gasteiger partial charge on any atom is -0.320 e. The lowest BCUT2D eigenvalue weighted by Gasteiger charge is -2.07. The van der Waals surface area contributed by atoms with E-state index < -0.39 is 15.9 Å². The van der Waals surface area contributed by atoms with Crippen LogP contribution in [0.2, 0.25) is 5.02 Å². The maximum absolute atomic E-state index is 12.0. The molecular formula is C11H10ClN3O3S2.